The van der Waals surface area contributed by atoms with E-state index in [1.54, 1.807) is 6.92 Å². The Kier molecular flexibility index (Phi) is 6.65. The first-order chi connectivity index (χ1) is 14.7. The molecule has 0 bridgehead atoms. The largest absolute Gasteiger partial charge is 0.325 e. The molecule has 1 saturated heterocycles. The second kappa shape index (κ2) is 9.22. The Morgan fingerprint density at radius 1 is 1.10 bits per heavy atom. The van der Waals surface area contributed by atoms with E-state index >= 15 is 0 Å². The van der Waals surface area contributed by atoms with E-state index in [9.17, 15) is 23.3 Å². The Morgan fingerprint density at radius 3 is 2.19 bits per heavy atom. The second-order valence-electron chi connectivity index (χ2n) is 7.05. The highest BCUT2D eigenvalue weighted by molar-refractivity contribution is 7.89. The first-order valence-electron chi connectivity index (χ1n) is 9.52. The zero-order valence-corrected chi connectivity index (χ0v) is 17.6. The molecule has 10 nitrogen and oxygen atoms in total. The van der Waals surface area contributed by atoms with Crippen LogP contribution in [0.3, 0.4) is 0 Å². The summed E-state index contributed by atoms with van der Waals surface area (Å²) in [7, 11) is -3.67. The number of anilines is 1. The number of piperazine rings is 1. The second-order valence-corrected chi connectivity index (χ2v) is 8.98. The zero-order valence-electron chi connectivity index (χ0n) is 16.8. The quantitative estimate of drug-likeness (QED) is 0.531. The minimum Gasteiger partial charge on any atom is -0.325 e. The van der Waals surface area contributed by atoms with E-state index in [2.05, 4.69) is 5.32 Å². The van der Waals surface area contributed by atoms with Crippen LogP contribution in [0.1, 0.15) is 12.5 Å². The molecular formula is C20H21N5O5S. The third-order valence-corrected chi connectivity index (χ3v) is 7.08. The van der Waals surface area contributed by atoms with Gasteiger partial charge in [-0.15, -0.1) is 0 Å². The van der Waals surface area contributed by atoms with Gasteiger partial charge in [0.1, 0.15) is 0 Å². The van der Waals surface area contributed by atoms with Crippen molar-refractivity contribution in [3.05, 3.63) is 64.2 Å². The van der Waals surface area contributed by atoms with Gasteiger partial charge in [-0.3, -0.25) is 19.8 Å². The van der Waals surface area contributed by atoms with Crippen LogP contribution in [0.5, 0.6) is 0 Å². The van der Waals surface area contributed by atoms with Gasteiger partial charge < -0.3 is 5.32 Å². The first kappa shape index (κ1) is 22.4. The molecule has 0 aromatic heterocycles. The molecule has 1 heterocycles. The van der Waals surface area contributed by atoms with Crippen LogP contribution in [0, 0.1) is 21.4 Å². The molecule has 0 radical (unpaired) electrons. The number of rotatable bonds is 6. The number of nitro benzene ring substituents is 1. The van der Waals surface area contributed by atoms with Crippen LogP contribution >= 0.6 is 0 Å². The third-order valence-electron chi connectivity index (χ3n) is 5.17. The normalized spacial score (nSPS) is 16.3. The van der Waals surface area contributed by atoms with Crippen LogP contribution in [0.15, 0.2) is 53.4 Å². The van der Waals surface area contributed by atoms with Crippen LogP contribution in [-0.4, -0.2) is 60.7 Å². The van der Waals surface area contributed by atoms with Crippen molar-refractivity contribution in [2.24, 2.45) is 0 Å². The van der Waals surface area contributed by atoms with E-state index in [1.807, 2.05) is 11.0 Å². The fourth-order valence-electron chi connectivity index (χ4n) is 3.26. The Balaban J connectivity index is 1.58. The van der Waals surface area contributed by atoms with E-state index in [0.717, 1.165) is 0 Å². The summed E-state index contributed by atoms with van der Waals surface area (Å²) in [6, 6.07) is 12.8. The number of nitrogens with zero attached hydrogens (tertiary/aromatic N) is 4. The van der Waals surface area contributed by atoms with E-state index < -0.39 is 21.0 Å². The average Bonchev–Trinajstić information content (AvgIpc) is 2.79. The van der Waals surface area contributed by atoms with Crippen molar-refractivity contribution < 1.29 is 18.1 Å². The summed E-state index contributed by atoms with van der Waals surface area (Å²) in [4.78, 5) is 24.8. The molecule has 1 atom stereocenters. The van der Waals surface area contributed by atoms with E-state index in [0.29, 0.717) is 24.3 Å². The molecule has 1 aliphatic heterocycles. The molecule has 1 aliphatic rings. The van der Waals surface area contributed by atoms with Crippen molar-refractivity contribution in [3.63, 3.8) is 0 Å². The molecule has 0 spiro atoms. The Bertz CT molecular complexity index is 1100. The SMILES string of the molecule is CC(C(=O)Nc1ccc([N+](=O)[O-])cc1)N1CCN(S(=O)(=O)c2ccc(C#N)cc2)CC1. The number of nitriles is 1. The Hall–Kier alpha value is -3.33. The highest BCUT2D eigenvalue weighted by Gasteiger charge is 2.31. The molecule has 0 saturated carbocycles. The van der Waals surface area contributed by atoms with Crippen LogP contribution < -0.4 is 5.32 Å². The molecule has 162 valence electrons. The monoisotopic (exact) mass is 443 g/mol. The number of hydrogen-bond acceptors (Lipinski definition) is 7. The topological polar surface area (TPSA) is 137 Å². The fraction of sp³-hybridized carbons (Fsp3) is 0.300. The number of amides is 1. The van der Waals surface area contributed by atoms with Crippen molar-refractivity contribution in [2.45, 2.75) is 17.9 Å². The molecule has 0 aliphatic carbocycles. The predicted molar refractivity (Wildman–Crippen MR) is 113 cm³/mol. The van der Waals surface area contributed by atoms with Gasteiger partial charge in [-0.05, 0) is 43.3 Å². The van der Waals surface area contributed by atoms with E-state index in [4.69, 9.17) is 5.26 Å². The smallest absolute Gasteiger partial charge is 0.269 e. The zero-order chi connectivity index (χ0) is 22.6. The maximum Gasteiger partial charge on any atom is 0.269 e. The highest BCUT2D eigenvalue weighted by Crippen LogP contribution is 2.20. The maximum absolute atomic E-state index is 12.8. The molecule has 11 heteroatoms. The molecule has 1 amide bonds. The van der Waals surface area contributed by atoms with Crippen molar-refractivity contribution in [1.82, 2.24) is 9.21 Å². The van der Waals surface area contributed by atoms with Gasteiger partial charge in [-0.1, -0.05) is 0 Å². The van der Waals surface area contributed by atoms with Crippen LogP contribution in [0.4, 0.5) is 11.4 Å². The van der Waals surface area contributed by atoms with E-state index in [-0.39, 0.29) is 29.6 Å². The minimum atomic E-state index is -3.67. The maximum atomic E-state index is 12.8. The number of nitro groups is 1. The van der Waals surface area contributed by atoms with Crippen LogP contribution in [-0.2, 0) is 14.8 Å². The summed E-state index contributed by atoms with van der Waals surface area (Å²) in [6.45, 7) is 2.95. The van der Waals surface area contributed by atoms with Gasteiger partial charge in [0.05, 0.1) is 27.5 Å². The number of benzene rings is 2. The Labute approximate surface area is 179 Å². The minimum absolute atomic E-state index is 0.0642. The molecule has 1 N–H and O–H groups in total. The number of carbonyl (C=O) groups excluding carboxylic acids is 1. The van der Waals surface area contributed by atoms with Crippen molar-refractivity contribution >= 4 is 27.3 Å². The number of sulfonamides is 1. The van der Waals surface area contributed by atoms with Gasteiger partial charge >= 0.3 is 0 Å². The molecule has 2 aromatic rings. The van der Waals surface area contributed by atoms with Crippen molar-refractivity contribution in [2.75, 3.05) is 31.5 Å². The number of hydrogen-bond donors (Lipinski definition) is 1. The summed E-state index contributed by atoms with van der Waals surface area (Å²) < 4.78 is 27.0. The van der Waals surface area contributed by atoms with Gasteiger partial charge in [-0.2, -0.15) is 9.57 Å². The summed E-state index contributed by atoms with van der Waals surface area (Å²) in [5.74, 6) is -0.280. The lowest BCUT2D eigenvalue weighted by Gasteiger charge is -2.36. The van der Waals surface area contributed by atoms with Crippen molar-refractivity contribution in [3.8, 4) is 6.07 Å². The molecule has 3 rings (SSSR count). The van der Waals surface area contributed by atoms with Gasteiger partial charge in [0, 0.05) is 44.0 Å². The van der Waals surface area contributed by atoms with Crippen LogP contribution in [0.25, 0.3) is 0 Å². The van der Waals surface area contributed by atoms with Gasteiger partial charge in [0.25, 0.3) is 5.69 Å². The molecular weight excluding hydrogens is 422 g/mol. The summed E-state index contributed by atoms with van der Waals surface area (Å²) in [5.41, 5.74) is 0.770. The molecule has 1 unspecified atom stereocenters. The average molecular weight is 443 g/mol. The number of carbonyl (C=O) groups is 1. The first-order valence-corrected chi connectivity index (χ1v) is 11.0. The predicted octanol–water partition coefficient (Wildman–Crippen LogP) is 1.80. The van der Waals surface area contributed by atoms with Gasteiger partial charge in [0.2, 0.25) is 15.9 Å². The summed E-state index contributed by atoms with van der Waals surface area (Å²) in [6.07, 6.45) is 0. The van der Waals surface area contributed by atoms with Crippen molar-refractivity contribution in [1.29, 1.82) is 5.26 Å². The molecule has 31 heavy (non-hydrogen) atoms. The summed E-state index contributed by atoms with van der Waals surface area (Å²) in [5, 5.41) is 22.3. The fourth-order valence-corrected chi connectivity index (χ4v) is 4.68. The lowest BCUT2D eigenvalue weighted by Crippen LogP contribution is -2.53. The standard InChI is InChI=1S/C20H21N5O5S/c1-15(20(26)22-17-4-6-18(7-5-17)25(27)28)23-10-12-24(13-11-23)31(29,30)19-8-2-16(14-21)3-9-19/h2-9,15H,10-13H2,1H3,(H,22,26). The lowest BCUT2D eigenvalue weighted by molar-refractivity contribution is -0.384. The van der Waals surface area contributed by atoms with Gasteiger partial charge in [-0.25, -0.2) is 8.42 Å². The summed E-state index contributed by atoms with van der Waals surface area (Å²) >= 11 is 0. The lowest BCUT2D eigenvalue weighted by atomic mass is 10.2. The van der Waals surface area contributed by atoms with Crippen LogP contribution in [0.2, 0.25) is 0 Å². The third kappa shape index (κ3) is 5.05. The van der Waals surface area contributed by atoms with Gasteiger partial charge in [0.15, 0.2) is 0 Å². The highest BCUT2D eigenvalue weighted by atomic mass is 32.2. The molecule has 1 fully saturated rings. The number of nitrogens with one attached hydrogen (secondary N) is 1. The Morgan fingerprint density at radius 2 is 1.68 bits per heavy atom. The van der Waals surface area contributed by atoms with E-state index in [1.165, 1.54) is 52.8 Å². The number of non-ortho nitro benzene ring substituents is 1. The molecule has 2 aromatic carbocycles.